The average molecular weight is 441 g/mol. The molecule has 166 valence electrons. The Morgan fingerprint density at radius 1 is 1.06 bits per heavy atom. The predicted molar refractivity (Wildman–Crippen MR) is 131 cm³/mol. The molecule has 7 nitrogen and oxygen atoms in total. The van der Waals surface area contributed by atoms with Crippen LogP contribution in [0, 0.1) is 0 Å². The van der Waals surface area contributed by atoms with Crippen LogP contribution in [0.5, 0.6) is 0 Å². The number of carboxylic acid groups (broad SMARTS) is 1. The van der Waals surface area contributed by atoms with Crippen LogP contribution in [0.15, 0.2) is 89.7 Å². The van der Waals surface area contributed by atoms with Gasteiger partial charge in [0.25, 0.3) is 5.91 Å². The monoisotopic (exact) mass is 440 g/mol. The maximum Gasteiger partial charge on any atom is 0.335 e. The van der Waals surface area contributed by atoms with Crippen LogP contribution in [-0.2, 0) is 4.79 Å². The maximum atomic E-state index is 12.7. The van der Waals surface area contributed by atoms with E-state index in [0.29, 0.717) is 11.7 Å². The number of hydrogen-bond acceptors (Lipinski definition) is 4. The molecule has 4 rings (SSSR count). The summed E-state index contributed by atoms with van der Waals surface area (Å²) in [6, 6.07) is 14.5. The van der Waals surface area contributed by atoms with Crippen LogP contribution < -0.4 is 10.7 Å². The molecule has 0 spiro atoms. The molecule has 1 aliphatic heterocycles. The van der Waals surface area contributed by atoms with Crippen molar-refractivity contribution in [3.63, 3.8) is 0 Å². The van der Waals surface area contributed by atoms with E-state index >= 15 is 0 Å². The molecular formula is C26H24N4O3. The van der Waals surface area contributed by atoms with Crippen molar-refractivity contribution >= 4 is 40.4 Å². The standard InChI is InChI=1S/C26H24N4O3/c1-17(2)29-16-19(21-9-6-7-11-23(21)29)8-4-3-5-10-22-24(27)28-30(25(22)31)20-14-12-18(13-15-20)26(32)33/h3-17H,1-2H3,(H2,27,28)(H,32,33)/b5-3+,8-4+,22-10-. The van der Waals surface area contributed by atoms with Gasteiger partial charge in [0.15, 0.2) is 5.84 Å². The van der Waals surface area contributed by atoms with Gasteiger partial charge in [-0.25, -0.2) is 4.79 Å². The molecule has 0 aliphatic carbocycles. The fourth-order valence-electron chi connectivity index (χ4n) is 3.67. The molecule has 3 aromatic rings. The molecule has 0 fully saturated rings. The van der Waals surface area contributed by atoms with Crippen molar-refractivity contribution in [3.05, 3.63) is 95.7 Å². The lowest BCUT2D eigenvalue weighted by Crippen LogP contribution is -2.22. The number of para-hydroxylation sites is 1. The molecule has 3 N–H and O–H groups in total. The Hall–Kier alpha value is -4.39. The zero-order valence-electron chi connectivity index (χ0n) is 18.3. The number of aromatic carboxylic acids is 1. The lowest BCUT2D eigenvalue weighted by molar-refractivity contribution is -0.114. The van der Waals surface area contributed by atoms with Gasteiger partial charge in [-0.05, 0) is 55.8 Å². The highest BCUT2D eigenvalue weighted by molar-refractivity contribution is 6.29. The van der Waals surface area contributed by atoms with Gasteiger partial charge >= 0.3 is 5.97 Å². The van der Waals surface area contributed by atoms with Crippen LogP contribution in [0.4, 0.5) is 5.69 Å². The summed E-state index contributed by atoms with van der Waals surface area (Å²) in [6.07, 6.45) is 11.3. The third kappa shape index (κ3) is 4.34. The van der Waals surface area contributed by atoms with E-state index in [1.165, 1.54) is 35.2 Å². The lowest BCUT2D eigenvalue weighted by atomic mass is 10.1. The number of nitrogens with two attached hydrogens (primary N) is 1. The second-order valence-electron chi connectivity index (χ2n) is 7.88. The first-order valence-corrected chi connectivity index (χ1v) is 10.5. The molecule has 0 atom stereocenters. The number of nitrogens with zero attached hydrogens (tertiary/aromatic N) is 3. The number of aromatic nitrogens is 1. The highest BCUT2D eigenvalue weighted by Gasteiger charge is 2.29. The summed E-state index contributed by atoms with van der Waals surface area (Å²) in [6.45, 7) is 4.31. The molecule has 2 heterocycles. The van der Waals surface area contributed by atoms with Crippen molar-refractivity contribution in [2.75, 3.05) is 5.01 Å². The normalized spacial score (nSPS) is 15.6. The first-order chi connectivity index (χ1) is 15.9. The number of amides is 1. The molecule has 7 heteroatoms. The third-order valence-electron chi connectivity index (χ3n) is 5.35. The Balaban J connectivity index is 1.49. The van der Waals surface area contributed by atoms with Crippen molar-refractivity contribution in [1.82, 2.24) is 4.57 Å². The Labute approximate surface area is 191 Å². The highest BCUT2D eigenvalue weighted by Crippen LogP contribution is 2.26. The minimum absolute atomic E-state index is 0.107. The SMILES string of the molecule is CC(C)n1cc(/C=C/C=C/C=C2\C(=O)N(c3ccc(C(=O)O)cc3)N=C2N)c2ccccc21. The molecule has 1 aliphatic rings. The maximum absolute atomic E-state index is 12.7. The van der Waals surface area contributed by atoms with Crippen molar-refractivity contribution < 1.29 is 14.7 Å². The first-order valence-electron chi connectivity index (χ1n) is 10.5. The molecule has 2 aromatic carbocycles. The number of carboxylic acids is 1. The van der Waals surface area contributed by atoms with Gasteiger partial charge in [-0.3, -0.25) is 4.79 Å². The number of anilines is 1. The number of rotatable bonds is 6. The quantitative estimate of drug-likeness (QED) is 0.427. The number of carbonyl (C=O) groups excluding carboxylic acids is 1. The molecule has 0 unspecified atom stereocenters. The summed E-state index contributed by atoms with van der Waals surface area (Å²) in [4.78, 5) is 23.7. The topological polar surface area (TPSA) is 101 Å². The van der Waals surface area contributed by atoms with Crippen LogP contribution in [0.3, 0.4) is 0 Å². The summed E-state index contributed by atoms with van der Waals surface area (Å²) < 4.78 is 2.24. The minimum atomic E-state index is -1.04. The Morgan fingerprint density at radius 3 is 2.48 bits per heavy atom. The largest absolute Gasteiger partial charge is 0.478 e. The highest BCUT2D eigenvalue weighted by atomic mass is 16.4. The van der Waals surface area contributed by atoms with Crippen molar-refractivity contribution in [2.45, 2.75) is 19.9 Å². The van der Waals surface area contributed by atoms with Crippen LogP contribution in [-0.4, -0.2) is 27.4 Å². The van der Waals surface area contributed by atoms with E-state index in [-0.39, 0.29) is 22.9 Å². The minimum Gasteiger partial charge on any atom is -0.478 e. The van der Waals surface area contributed by atoms with E-state index in [2.05, 4.69) is 41.8 Å². The second-order valence-corrected chi connectivity index (χ2v) is 7.88. The van der Waals surface area contributed by atoms with Gasteiger partial charge in [-0.1, -0.05) is 42.5 Å². The number of amidine groups is 1. The van der Waals surface area contributed by atoms with Crippen LogP contribution in [0.2, 0.25) is 0 Å². The summed E-state index contributed by atoms with van der Waals surface area (Å²) in [5.41, 5.74) is 9.10. The predicted octanol–water partition coefficient (Wildman–Crippen LogP) is 4.74. The van der Waals surface area contributed by atoms with Crippen molar-refractivity contribution in [3.8, 4) is 0 Å². The van der Waals surface area contributed by atoms with E-state index in [9.17, 15) is 9.59 Å². The lowest BCUT2D eigenvalue weighted by Gasteiger charge is -2.11. The van der Waals surface area contributed by atoms with Gasteiger partial charge in [0.2, 0.25) is 0 Å². The third-order valence-corrected chi connectivity index (χ3v) is 5.35. The van der Waals surface area contributed by atoms with E-state index in [1.807, 2.05) is 30.4 Å². The van der Waals surface area contributed by atoms with Gasteiger partial charge in [0.05, 0.1) is 16.8 Å². The van der Waals surface area contributed by atoms with Gasteiger partial charge in [0.1, 0.15) is 0 Å². The van der Waals surface area contributed by atoms with Crippen LogP contribution >= 0.6 is 0 Å². The Kier molecular flexibility index (Phi) is 5.95. The number of benzene rings is 2. The molecule has 0 saturated heterocycles. The molecule has 1 amide bonds. The summed E-state index contributed by atoms with van der Waals surface area (Å²) in [7, 11) is 0. The van der Waals surface area contributed by atoms with Crippen molar-refractivity contribution in [1.29, 1.82) is 0 Å². The molecular weight excluding hydrogens is 416 g/mol. The smallest absolute Gasteiger partial charge is 0.335 e. The van der Waals surface area contributed by atoms with Gasteiger partial charge < -0.3 is 15.4 Å². The van der Waals surface area contributed by atoms with E-state index in [0.717, 1.165) is 10.6 Å². The molecule has 0 bridgehead atoms. The summed E-state index contributed by atoms with van der Waals surface area (Å²) in [5, 5.41) is 15.5. The molecule has 0 radical (unpaired) electrons. The second kappa shape index (κ2) is 9.00. The zero-order chi connectivity index (χ0) is 23.5. The van der Waals surface area contributed by atoms with Crippen molar-refractivity contribution in [2.24, 2.45) is 10.8 Å². The average Bonchev–Trinajstić information content (AvgIpc) is 3.31. The number of carbonyl (C=O) groups is 2. The van der Waals surface area contributed by atoms with E-state index in [4.69, 9.17) is 10.8 Å². The van der Waals surface area contributed by atoms with Crippen LogP contribution in [0.25, 0.3) is 17.0 Å². The molecule has 1 aromatic heterocycles. The number of hydrazone groups is 1. The number of hydrogen-bond donors (Lipinski definition) is 2. The van der Waals surface area contributed by atoms with E-state index < -0.39 is 5.97 Å². The summed E-state index contributed by atoms with van der Waals surface area (Å²) >= 11 is 0. The van der Waals surface area contributed by atoms with Gasteiger partial charge in [-0.15, -0.1) is 5.10 Å². The fourth-order valence-corrected chi connectivity index (χ4v) is 3.67. The van der Waals surface area contributed by atoms with Gasteiger partial charge in [-0.2, -0.15) is 5.01 Å². The number of allylic oxidation sites excluding steroid dienone is 4. The molecule has 33 heavy (non-hydrogen) atoms. The first kappa shape index (κ1) is 21.8. The zero-order valence-corrected chi connectivity index (χ0v) is 18.3. The number of fused-ring (bicyclic) bond motifs is 1. The van der Waals surface area contributed by atoms with E-state index in [1.54, 1.807) is 12.2 Å². The Bertz CT molecular complexity index is 1340. The molecule has 0 saturated carbocycles. The van der Waals surface area contributed by atoms with Crippen LogP contribution in [0.1, 0.15) is 35.8 Å². The fraction of sp³-hybridized carbons (Fsp3) is 0.115. The summed E-state index contributed by atoms with van der Waals surface area (Å²) in [5.74, 6) is -1.30. The van der Waals surface area contributed by atoms with Gasteiger partial charge in [0, 0.05) is 23.1 Å². The Morgan fingerprint density at radius 2 is 1.79 bits per heavy atom.